The number of rotatable bonds is 4. The first-order chi connectivity index (χ1) is 17.0. The minimum Gasteiger partial charge on any atom is -0.306 e. The zero-order valence-corrected chi connectivity index (χ0v) is 19.1. The van der Waals surface area contributed by atoms with E-state index in [-0.39, 0.29) is 36.1 Å². The molecule has 3 heterocycles. The van der Waals surface area contributed by atoms with Gasteiger partial charge in [0.1, 0.15) is 11.4 Å². The molecule has 1 spiro atoms. The van der Waals surface area contributed by atoms with Crippen LogP contribution in [-0.4, -0.2) is 23.8 Å². The molecule has 3 aliphatic rings. The normalized spacial score (nSPS) is 27.1. The number of nitrogens with zero attached hydrogens (tertiary/aromatic N) is 2. The Bertz CT molecular complexity index is 1340. The van der Waals surface area contributed by atoms with Crippen molar-refractivity contribution in [3.05, 3.63) is 95.8 Å². The predicted molar refractivity (Wildman–Crippen MR) is 129 cm³/mol. The lowest BCUT2D eigenvalue weighted by atomic mass is 9.76. The Morgan fingerprint density at radius 2 is 1.57 bits per heavy atom. The fourth-order valence-electron chi connectivity index (χ4n) is 6.06. The van der Waals surface area contributed by atoms with Crippen LogP contribution in [0, 0.1) is 17.7 Å². The number of carbonyl (C=O) groups excluding carboxylic acids is 3. The molecule has 0 aromatic heterocycles. The van der Waals surface area contributed by atoms with Gasteiger partial charge in [0.25, 0.3) is 5.91 Å². The van der Waals surface area contributed by atoms with E-state index in [1.165, 1.54) is 17.0 Å². The van der Waals surface area contributed by atoms with E-state index in [1.807, 2.05) is 37.3 Å². The number of benzene rings is 3. The second-order valence-corrected chi connectivity index (χ2v) is 9.35. The second-order valence-electron chi connectivity index (χ2n) is 9.35. The van der Waals surface area contributed by atoms with Gasteiger partial charge in [-0.15, -0.1) is 0 Å². The fourth-order valence-corrected chi connectivity index (χ4v) is 6.06. The molecule has 6 rings (SSSR count). The van der Waals surface area contributed by atoms with Crippen molar-refractivity contribution in [2.24, 2.45) is 11.8 Å². The van der Waals surface area contributed by atoms with E-state index in [4.69, 9.17) is 0 Å². The molecule has 7 heteroatoms. The first kappa shape index (κ1) is 21.7. The summed E-state index contributed by atoms with van der Waals surface area (Å²) in [5, 5.41) is 3.46. The third-order valence-electron chi connectivity index (χ3n) is 7.57. The fraction of sp³-hybridized carbons (Fsp3) is 0.250. The minimum absolute atomic E-state index is 0.234. The maximum Gasteiger partial charge on any atom is 0.253 e. The maximum atomic E-state index is 14.3. The van der Waals surface area contributed by atoms with Crippen LogP contribution < -0.4 is 15.1 Å². The van der Waals surface area contributed by atoms with Crippen molar-refractivity contribution in [3.8, 4) is 0 Å². The predicted octanol–water partition coefficient (Wildman–Crippen LogP) is 3.76. The summed E-state index contributed by atoms with van der Waals surface area (Å²) in [4.78, 5) is 44.7. The molecule has 35 heavy (non-hydrogen) atoms. The Morgan fingerprint density at radius 1 is 0.886 bits per heavy atom. The van der Waals surface area contributed by atoms with Gasteiger partial charge in [-0.25, -0.2) is 9.29 Å². The number of nitrogens with one attached hydrogen (secondary N) is 1. The van der Waals surface area contributed by atoms with E-state index in [0.717, 1.165) is 5.56 Å². The van der Waals surface area contributed by atoms with Crippen molar-refractivity contribution < 1.29 is 18.8 Å². The van der Waals surface area contributed by atoms with E-state index in [1.54, 1.807) is 41.3 Å². The topological polar surface area (TPSA) is 69.7 Å². The van der Waals surface area contributed by atoms with Gasteiger partial charge in [0, 0.05) is 17.3 Å². The van der Waals surface area contributed by atoms with Gasteiger partial charge < -0.3 is 4.90 Å². The van der Waals surface area contributed by atoms with Crippen LogP contribution in [0.3, 0.4) is 0 Å². The molecule has 3 aliphatic heterocycles. The van der Waals surface area contributed by atoms with Gasteiger partial charge in [0.2, 0.25) is 11.8 Å². The van der Waals surface area contributed by atoms with E-state index >= 15 is 0 Å². The highest BCUT2D eigenvalue weighted by Crippen LogP contribution is 2.55. The maximum absolute atomic E-state index is 14.3. The highest BCUT2D eigenvalue weighted by molar-refractivity contribution is 6.26. The summed E-state index contributed by atoms with van der Waals surface area (Å²) in [5.74, 6) is -2.74. The van der Waals surface area contributed by atoms with Gasteiger partial charge in [-0.2, -0.15) is 0 Å². The van der Waals surface area contributed by atoms with Gasteiger partial charge in [0.15, 0.2) is 0 Å². The third kappa shape index (κ3) is 2.94. The lowest BCUT2D eigenvalue weighted by molar-refractivity contribution is -0.132. The highest BCUT2D eigenvalue weighted by Gasteiger charge is 2.71. The lowest BCUT2D eigenvalue weighted by Gasteiger charge is -2.30. The first-order valence-corrected chi connectivity index (χ1v) is 11.8. The number of fused-ring (bicyclic) bond motifs is 4. The van der Waals surface area contributed by atoms with E-state index in [2.05, 4.69) is 5.32 Å². The van der Waals surface area contributed by atoms with Gasteiger partial charge in [-0.3, -0.25) is 19.7 Å². The number of carbonyl (C=O) groups is 3. The Balaban J connectivity index is 1.48. The molecule has 0 saturated carbocycles. The molecule has 6 nitrogen and oxygen atoms in total. The lowest BCUT2D eigenvalue weighted by Crippen LogP contribution is -2.55. The Hall–Kier alpha value is -3.84. The van der Waals surface area contributed by atoms with Gasteiger partial charge in [-0.1, -0.05) is 55.5 Å². The quantitative estimate of drug-likeness (QED) is 0.591. The van der Waals surface area contributed by atoms with E-state index in [9.17, 15) is 18.8 Å². The standard InChI is InChI=1S/C28H24FN3O3/c1-2-21-23-24(26(34)32(25(23)33)19-8-4-3-5-9-19)28(30-21)20-10-6-7-11-22(20)31(27(28)35)16-17-12-14-18(29)15-13-17/h3-15,21,23-24,30H,2,16H2,1H3/t21-,23-,24+,28-/m0/s1. The average Bonchev–Trinajstić information content (AvgIpc) is 3.45. The summed E-state index contributed by atoms with van der Waals surface area (Å²) in [5.41, 5.74) is 1.35. The molecular formula is C28H24FN3O3. The molecule has 1 N–H and O–H groups in total. The van der Waals surface area contributed by atoms with Gasteiger partial charge >= 0.3 is 0 Å². The number of amides is 3. The molecule has 0 radical (unpaired) electrons. The van der Waals surface area contributed by atoms with Crippen LogP contribution >= 0.6 is 0 Å². The number of hydrogen-bond acceptors (Lipinski definition) is 4. The molecular weight excluding hydrogens is 445 g/mol. The summed E-state index contributed by atoms with van der Waals surface area (Å²) in [6, 6.07) is 22.0. The van der Waals surface area contributed by atoms with E-state index in [0.29, 0.717) is 23.4 Å². The van der Waals surface area contributed by atoms with Crippen molar-refractivity contribution in [2.45, 2.75) is 31.5 Å². The van der Waals surface area contributed by atoms with Crippen LogP contribution in [0.4, 0.5) is 15.8 Å². The van der Waals surface area contributed by atoms with Crippen molar-refractivity contribution in [2.75, 3.05) is 9.80 Å². The number of para-hydroxylation sites is 2. The molecule has 0 unspecified atom stereocenters. The summed E-state index contributed by atoms with van der Waals surface area (Å²) in [6.45, 7) is 2.19. The van der Waals surface area contributed by atoms with Gasteiger partial charge in [-0.05, 0) is 42.3 Å². The molecule has 2 fully saturated rings. The second kappa shape index (κ2) is 7.85. The van der Waals surface area contributed by atoms with Crippen molar-refractivity contribution in [3.63, 3.8) is 0 Å². The summed E-state index contributed by atoms with van der Waals surface area (Å²) in [7, 11) is 0. The summed E-state index contributed by atoms with van der Waals surface area (Å²) in [6.07, 6.45) is 0.595. The largest absolute Gasteiger partial charge is 0.306 e. The summed E-state index contributed by atoms with van der Waals surface area (Å²) >= 11 is 0. The summed E-state index contributed by atoms with van der Waals surface area (Å²) < 4.78 is 13.5. The van der Waals surface area contributed by atoms with Crippen LogP contribution in [0.25, 0.3) is 0 Å². The monoisotopic (exact) mass is 469 g/mol. The highest BCUT2D eigenvalue weighted by atomic mass is 19.1. The van der Waals surface area contributed by atoms with Crippen LogP contribution in [-0.2, 0) is 26.5 Å². The van der Waals surface area contributed by atoms with Crippen molar-refractivity contribution in [1.82, 2.24) is 5.32 Å². The number of hydrogen-bond donors (Lipinski definition) is 1. The van der Waals surface area contributed by atoms with Crippen LogP contribution in [0.1, 0.15) is 24.5 Å². The smallest absolute Gasteiger partial charge is 0.253 e. The van der Waals surface area contributed by atoms with Crippen molar-refractivity contribution in [1.29, 1.82) is 0 Å². The average molecular weight is 470 g/mol. The molecule has 3 aromatic carbocycles. The molecule has 176 valence electrons. The Kier molecular flexibility index (Phi) is 4.86. The SMILES string of the molecule is CC[C@@H]1N[C@]2(C(=O)N(Cc3ccc(F)cc3)c3ccccc32)[C@H]2C(=O)N(c3ccccc3)C(=O)[C@@H]12. The van der Waals surface area contributed by atoms with Crippen LogP contribution in [0.15, 0.2) is 78.9 Å². The molecule has 2 saturated heterocycles. The van der Waals surface area contributed by atoms with Gasteiger partial charge in [0.05, 0.1) is 24.1 Å². The van der Waals surface area contributed by atoms with Crippen LogP contribution in [0.5, 0.6) is 0 Å². The third-order valence-corrected chi connectivity index (χ3v) is 7.57. The minimum atomic E-state index is -1.34. The van der Waals surface area contributed by atoms with Crippen LogP contribution in [0.2, 0.25) is 0 Å². The first-order valence-electron chi connectivity index (χ1n) is 11.8. The molecule has 3 aromatic rings. The zero-order valence-electron chi connectivity index (χ0n) is 19.1. The molecule has 0 aliphatic carbocycles. The van der Waals surface area contributed by atoms with Crippen molar-refractivity contribution >= 4 is 29.1 Å². The molecule has 4 atom stereocenters. The zero-order chi connectivity index (χ0) is 24.3. The number of halogens is 1. The molecule has 3 amide bonds. The molecule has 0 bridgehead atoms. The Morgan fingerprint density at radius 3 is 2.29 bits per heavy atom. The number of anilines is 2. The van der Waals surface area contributed by atoms with E-state index < -0.39 is 17.4 Å². The number of imide groups is 1. The Labute approximate surface area is 202 Å².